The number of benzene rings is 2. The summed E-state index contributed by atoms with van der Waals surface area (Å²) in [5.74, 6) is -0.885. The van der Waals surface area contributed by atoms with Gasteiger partial charge in [0.1, 0.15) is 16.9 Å². The summed E-state index contributed by atoms with van der Waals surface area (Å²) in [6.45, 7) is 0. The average Bonchev–Trinajstić information content (AvgIpc) is 3.07. The van der Waals surface area contributed by atoms with Gasteiger partial charge in [0.25, 0.3) is 15.9 Å². The van der Waals surface area contributed by atoms with Crippen LogP contribution in [0.1, 0.15) is 10.5 Å². The van der Waals surface area contributed by atoms with Gasteiger partial charge < -0.3 is 4.57 Å². The molecule has 0 aliphatic rings. The molecule has 1 aromatic heterocycles. The third-order valence-electron chi connectivity index (χ3n) is 3.37. The molecule has 134 valence electrons. The quantitative estimate of drug-likeness (QED) is 0.679. The van der Waals surface area contributed by atoms with E-state index in [1.165, 1.54) is 35.3 Å². The van der Waals surface area contributed by atoms with E-state index in [0.717, 1.165) is 0 Å². The molecule has 0 aliphatic carbocycles. The minimum absolute atomic E-state index is 0.00846. The van der Waals surface area contributed by atoms with Crippen molar-refractivity contribution in [1.29, 1.82) is 0 Å². The van der Waals surface area contributed by atoms with Crippen molar-refractivity contribution in [2.75, 3.05) is 0 Å². The van der Waals surface area contributed by atoms with Gasteiger partial charge >= 0.3 is 0 Å². The van der Waals surface area contributed by atoms with Crippen LogP contribution in [-0.2, 0) is 10.0 Å². The van der Waals surface area contributed by atoms with E-state index in [0.29, 0.717) is 15.7 Å². The Balaban J connectivity index is 1.84. The molecular formula is C16H10Cl3N3O3S. The summed E-state index contributed by atoms with van der Waals surface area (Å²) < 4.78 is 28.1. The van der Waals surface area contributed by atoms with E-state index in [4.69, 9.17) is 34.8 Å². The molecule has 10 heteroatoms. The fourth-order valence-corrected chi connectivity index (χ4v) is 3.89. The zero-order valence-corrected chi connectivity index (χ0v) is 15.9. The number of nitrogens with one attached hydrogen (secondary N) is 1. The second kappa shape index (κ2) is 7.28. The molecule has 3 rings (SSSR count). The van der Waals surface area contributed by atoms with Crippen molar-refractivity contribution in [2.45, 2.75) is 4.90 Å². The Kier molecular flexibility index (Phi) is 5.24. The first-order valence-electron chi connectivity index (χ1n) is 7.09. The highest BCUT2D eigenvalue weighted by atomic mass is 35.5. The fraction of sp³-hybridized carbons (Fsp3) is 0. The number of carbonyl (C=O) groups is 1. The summed E-state index contributed by atoms with van der Waals surface area (Å²) in [5.41, 5.74) is 0.520. The normalized spacial score (nSPS) is 11.3. The summed E-state index contributed by atoms with van der Waals surface area (Å²) in [6, 6.07) is 10.7. The van der Waals surface area contributed by atoms with Crippen molar-refractivity contribution in [3.63, 3.8) is 0 Å². The molecule has 6 nitrogen and oxygen atoms in total. The summed E-state index contributed by atoms with van der Waals surface area (Å²) in [4.78, 5) is 16.0. The van der Waals surface area contributed by atoms with Crippen LogP contribution in [0, 0.1) is 0 Å². The molecule has 2 aromatic carbocycles. The zero-order valence-electron chi connectivity index (χ0n) is 12.9. The topological polar surface area (TPSA) is 81.1 Å². The molecule has 0 aliphatic heterocycles. The van der Waals surface area contributed by atoms with Crippen LogP contribution in [0.15, 0.2) is 59.9 Å². The van der Waals surface area contributed by atoms with Gasteiger partial charge in [-0.3, -0.25) is 4.79 Å². The first kappa shape index (κ1) is 18.7. The molecule has 26 heavy (non-hydrogen) atoms. The number of sulfonamides is 1. The predicted molar refractivity (Wildman–Crippen MR) is 99.7 cm³/mol. The van der Waals surface area contributed by atoms with Gasteiger partial charge in [0.15, 0.2) is 0 Å². The van der Waals surface area contributed by atoms with Crippen molar-refractivity contribution in [3.8, 4) is 5.69 Å². The number of aromatic nitrogens is 2. The average molecular weight is 431 g/mol. The van der Waals surface area contributed by atoms with Crippen molar-refractivity contribution < 1.29 is 13.2 Å². The second-order valence-electron chi connectivity index (χ2n) is 5.13. The zero-order chi connectivity index (χ0) is 18.9. The number of amides is 1. The number of imidazole rings is 1. The van der Waals surface area contributed by atoms with E-state index < -0.39 is 15.9 Å². The predicted octanol–water partition coefficient (Wildman–Crippen LogP) is 3.95. The van der Waals surface area contributed by atoms with Crippen LogP contribution >= 0.6 is 34.8 Å². The lowest BCUT2D eigenvalue weighted by Crippen LogP contribution is -2.31. The number of rotatable bonds is 4. The maximum Gasteiger partial charge on any atom is 0.285 e. The molecule has 0 unspecified atom stereocenters. The summed E-state index contributed by atoms with van der Waals surface area (Å²) in [6.07, 6.45) is 2.73. The molecule has 1 heterocycles. The molecule has 1 amide bonds. The lowest BCUT2D eigenvalue weighted by molar-refractivity contribution is 0.0977. The monoisotopic (exact) mass is 429 g/mol. The third-order valence-corrected chi connectivity index (χ3v) is 5.94. The molecule has 0 spiro atoms. The van der Waals surface area contributed by atoms with Gasteiger partial charge in [0.2, 0.25) is 0 Å². The smallest absolute Gasteiger partial charge is 0.285 e. The van der Waals surface area contributed by atoms with E-state index in [9.17, 15) is 13.2 Å². The molecule has 0 bridgehead atoms. The van der Waals surface area contributed by atoms with Crippen LogP contribution in [0.5, 0.6) is 0 Å². The van der Waals surface area contributed by atoms with Crippen LogP contribution in [0.3, 0.4) is 0 Å². The maximum absolute atomic E-state index is 12.3. The summed E-state index contributed by atoms with van der Waals surface area (Å²) in [5, 5.41) is 0.735. The van der Waals surface area contributed by atoms with Gasteiger partial charge in [-0.2, -0.15) is 0 Å². The first-order chi connectivity index (χ1) is 12.3. The Morgan fingerprint density at radius 1 is 1.00 bits per heavy atom. The Morgan fingerprint density at radius 3 is 2.42 bits per heavy atom. The van der Waals surface area contributed by atoms with Gasteiger partial charge in [0.05, 0.1) is 15.1 Å². The van der Waals surface area contributed by atoms with Crippen LogP contribution < -0.4 is 4.72 Å². The molecule has 0 radical (unpaired) electrons. The van der Waals surface area contributed by atoms with Gasteiger partial charge in [-0.05, 0) is 30.3 Å². The van der Waals surface area contributed by atoms with Crippen LogP contribution in [-0.4, -0.2) is 23.9 Å². The molecular weight excluding hydrogens is 421 g/mol. The number of hydrogen-bond acceptors (Lipinski definition) is 4. The van der Waals surface area contributed by atoms with E-state index in [2.05, 4.69) is 4.98 Å². The SMILES string of the molecule is O=C(NS(=O)(=O)c1ccccc1Cl)c1cn(-c2ccc(Cl)c(Cl)c2)cn1. The standard InChI is InChI=1S/C16H10Cl3N3O3S/c17-11-6-5-10(7-13(11)19)22-8-14(20-9-22)16(23)21-26(24,25)15-4-2-1-3-12(15)18/h1-9H,(H,21,23). The van der Waals surface area contributed by atoms with Crippen LogP contribution in [0.2, 0.25) is 15.1 Å². The molecule has 0 fully saturated rings. The van der Waals surface area contributed by atoms with E-state index in [1.54, 1.807) is 24.3 Å². The van der Waals surface area contributed by atoms with Crippen molar-refractivity contribution in [2.24, 2.45) is 0 Å². The summed E-state index contributed by atoms with van der Waals surface area (Å²) >= 11 is 17.7. The highest BCUT2D eigenvalue weighted by Gasteiger charge is 2.22. The van der Waals surface area contributed by atoms with E-state index >= 15 is 0 Å². The van der Waals surface area contributed by atoms with Crippen molar-refractivity contribution >= 4 is 50.7 Å². The molecule has 0 saturated carbocycles. The number of carbonyl (C=O) groups excluding carboxylic acids is 1. The van der Waals surface area contributed by atoms with Gasteiger partial charge in [0, 0.05) is 11.9 Å². The van der Waals surface area contributed by atoms with Gasteiger partial charge in [-0.15, -0.1) is 0 Å². The van der Waals surface area contributed by atoms with Crippen molar-refractivity contribution in [3.05, 3.63) is 75.8 Å². The lowest BCUT2D eigenvalue weighted by atomic mass is 10.3. The Labute approximate surface area is 164 Å². The van der Waals surface area contributed by atoms with Crippen LogP contribution in [0.25, 0.3) is 5.69 Å². The van der Waals surface area contributed by atoms with E-state index in [-0.39, 0.29) is 15.6 Å². The Hall–Kier alpha value is -2.06. The highest BCUT2D eigenvalue weighted by Crippen LogP contribution is 2.24. The number of nitrogens with zero attached hydrogens (tertiary/aromatic N) is 2. The van der Waals surface area contributed by atoms with Gasteiger partial charge in [-0.1, -0.05) is 46.9 Å². The minimum Gasteiger partial charge on any atom is -0.305 e. The van der Waals surface area contributed by atoms with Crippen molar-refractivity contribution in [1.82, 2.24) is 14.3 Å². The van der Waals surface area contributed by atoms with Gasteiger partial charge in [-0.25, -0.2) is 18.1 Å². The van der Waals surface area contributed by atoms with E-state index in [1.807, 2.05) is 4.72 Å². The maximum atomic E-state index is 12.3. The minimum atomic E-state index is -4.13. The lowest BCUT2D eigenvalue weighted by Gasteiger charge is -2.07. The van der Waals surface area contributed by atoms with Crippen LogP contribution in [0.4, 0.5) is 0 Å². The molecule has 0 saturated heterocycles. The second-order valence-corrected chi connectivity index (χ2v) is 8.00. The summed E-state index contributed by atoms with van der Waals surface area (Å²) in [7, 11) is -4.13. The first-order valence-corrected chi connectivity index (χ1v) is 9.71. The third kappa shape index (κ3) is 3.86. The number of halogens is 3. The molecule has 3 aromatic rings. The Bertz CT molecular complexity index is 1100. The Morgan fingerprint density at radius 2 is 1.73 bits per heavy atom. The number of hydrogen-bond donors (Lipinski definition) is 1. The largest absolute Gasteiger partial charge is 0.305 e. The fourth-order valence-electron chi connectivity index (χ4n) is 2.12. The molecule has 1 N–H and O–H groups in total. The molecule has 0 atom stereocenters. The highest BCUT2D eigenvalue weighted by molar-refractivity contribution is 7.90.